The fraction of sp³-hybridized carbons (Fsp3) is 0.125. The van der Waals surface area contributed by atoms with Crippen molar-refractivity contribution >= 4 is 37.7 Å². The van der Waals surface area contributed by atoms with Crippen LogP contribution in [-0.2, 0) is 10.0 Å². The van der Waals surface area contributed by atoms with Gasteiger partial charge in [-0.3, -0.25) is 0 Å². The summed E-state index contributed by atoms with van der Waals surface area (Å²) < 4.78 is 22.5. The number of rotatable bonds is 2. The van der Waals surface area contributed by atoms with Crippen LogP contribution in [0.2, 0.25) is 0 Å². The van der Waals surface area contributed by atoms with E-state index in [9.17, 15) is 13.2 Å². The molecule has 0 fully saturated rings. The second kappa shape index (κ2) is 4.81. The Morgan fingerprint density at radius 1 is 1.44 bits per heavy atom. The molecule has 0 atom stereocenters. The first-order valence-electron chi connectivity index (χ1n) is 4.15. The van der Waals surface area contributed by atoms with Gasteiger partial charge >= 0.3 is 6.03 Å². The predicted octanol–water partition coefficient (Wildman–Crippen LogP) is 0.848. The van der Waals surface area contributed by atoms with Gasteiger partial charge in [-0.05, 0) is 34.1 Å². The number of amides is 2. The van der Waals surface area contributed by atoms with Crippen molar-refractivity contribution in [2.75, 3.05) is 12.4 Å². The molecular weight excluding hydrogens is 298 g/mol. The van der Waals surface area contributed by atoms with Gasteiger partial charge in [0.15, 0.2) is 0 Å². The number of nitrogens with two attached hydrogens (primary N) is 1. The Morgan fingerprint density at radius 2 is 2.06 bits per heavy atom. The molecule has 6 nitrogen and oxygen atoms in total. The molecule has 0 radical (unpaired) electrons. The van der Waals surface area contributed by atoms with Gasteiger partial charge in [-0.2, -0.15) is 0 Å². The molecule has 4 N–H and O–H groups in total. The standard InChI is InChI=1S/C8H10BrN3O3S/c1-11-8(13)12-7-3-2-5(4-6(7)9)16(10,14)15/h2-4H,1H3,(H2,10,14,15)(H2,11,12,13). The normalized spacial score (nSPS) is 10.9. The van der Waals surface area contributed by atoms with E-state index in [1.807, 2.05) is 0 Å². The van der Waals surface area contributed by atoms with Crippen molar-refractivity contribution in [3.05, 3.63) is 22.7 Å². The maximum absolute atomic E-state index is 11.0. The SMILES string of the molecule is CNC(=O)Nc1ccc(S(N)(=O)=O)cc1Br. The number of urea groups is 1. The molecule has 1 rings (SSSR count). The van der Waals surface area contributed by atoms with Crippen LogP contribution in [0.3, 0.4) is 0 Å². The van der Waals surface area contributed by atoms with Gasteiger partial charge in [-0.15, -0.1) is 0 Å². The zero-order chi connectivity index (χ0) is 12.3. The first kappa shape index (κ1) is 12.9. The summed E-state index contributed by atoms with van der Waals surface area (Å²) in [6, 6.07) is 3.68. The van der Waals surface area contributed by atoms with Crippen LogP contribution in [0.15, 0.2) is 27.6 Å². The molecule has 0 bridgehead atoms. The molecule has 0 spiro atoms. The van der Waals surface area contributed by atoms with Gasteiger partial charge in [0.1, 0.15) is 0 Å². The number of benzene rings is 1. The van der Waals surface area contributed by atoms with Crippen LogP contribution in [0.1, 0.15) is 0 Å². The zero-order valence-electron chi connectivity index (χ0n) is 8.32. The molecule has 0 saturated heterocycles. The quantitative estimate of drug-likeness (QED) is 0.755. The molecule has 0 aromatic heterocycles. The lowest BCUT2D eigenvalue weighted by atomic mass is 10.3. The van der Waals surface area contributed by atoms with Crippen molar-refractivity contribution in [1.29, 1.82) is 0 Å². The van der Waals surface area contributed by atoms with Crippen molar-refractivity contribution in [2.24, 2.45) is 5.14 Å². The Balaban J connectivity index is 3.06. The van der Waals surface area contributed by atoms with Crippen molar-refractivity contribution in [1.82, 2.24) is 5.32 Å². The van der Waals surface area contributed by atoms with E-state index in [4.69, 9.17) is 5.14 Å². The number of primary sulfonamides is 1. The summed E-state index contributed by atoms with van der Waals surface area (Å²) in [5, 5.41) is 9.83. The second-order valence-electron chi connectivity index (χ2n) is 2.89. The van der Waals surface area contributed by atoms with E-state index in [0.29, 0.717) is 10.2 Å². The Bertz CT molecular complexity index is 515. The first-order chi connectivity index (χ1) is 7.34. The highest BCUT2D eigenvalue weighted by molar-refractivity contribution is 9.10. The molecule has 0 aliphatic heterocycles. The van der Waals surface area contributed by atoms with Gasteiger partial charge in [0.2, 0.25) is 10.0 Å². The van der Waals surface area contributed by atoms with Gasteiger partial charge < -0.3 is 10.6 Å². The number of halogens is 1. The minimum absolute atomic E-state index is 0.0261. The minimum Gasteiger partial charge on any atom is -0.341 e. The average Bonchev–Trinajstić information content (AvgIpc) is 2.19. The molecule has 1 aromatic carbocycles. The number of nitrogens with one attached hydrogen (secondary N) is 2. The minimum atomic E-state index is -3.73. The van der Waals surface area contributed by atoms with Crippen LogP contribution in [0.4, 0.5) is 10.5 Å². The second-order valence-corrected chi connectivity index (χ2v) is 5.31. The highest BCUT2D eigenvalue weighted by Crippen LogP contribution is 2.25. The molecule has 0 heterocycles. The van der Waals surface area contributed by atoms with Crippen molar-refractivity contribution in [3.63, 3.8) is 0 Å². The average molecular weight is 308 g/mol. The lowest BCUT2D eigenvalue weighted by molar-refractivity contribution is 0.254. The maximum Gasteiger partial charge on any atom is 0.319 e. The predicted molar refractivity (Wildman–Crippen MR) is 63.6 cm³/mol. The maximum atomic E-state index is 11.0. The molecule has 2 amide bonds. The summed E-state index contributed by atoms with van der Waals surface area (Å²) in [5.74, 6) is 0. The first-order valence-corrected chi connectivity index (χ1v) is 6.49. The summed E-state index contributed by atoms with van der Waals surface area (Å²) in [6.45, 7) is 0. The van der Waals surface area contributed by atoms with Gasteiger partial charge in [0, 0.05) is 11.5 Å². The number of hydrogen-bond acceptors (Lipinski definition) is 3. The number of carbonyl (C=O) groups is 1. The lowest BCUT2D eigenvalue weighted by Crippen LogP contribution is -2.24. The van der Waals surface area contributed by atoms with Crippen LogP contribution in [0, 0.1) is 0 Å². The summed E-state index contributed by atoms with van der Waals surface area (Å²) in [4.78, 5) is 11.0. The van der Waals surface area contributed by atoms with Crippen LogP contribution >= 0.6 is 15.9 Å². The van der Waals surface area contributed by atoms with E-state index in [-0.39, 0.29) is 4.90 Å². The van der Waals surface area contributed by atoms with Crippen LogP contribution < -0.4 is 15.8 Å². The third-order valence-corrected chi connectivity index (χ3v) is 3.31. The molecular formula is C8H10BrN3O3S. The smallest absolute Gasteiger partial charge is 0.319 e. The molecule has 16 heavy (non-hydrogen) atoms. The van der Waals surface area contributed by atoms with E-state index in [2.05, 4.69) is 26.6 Å². The molecule has 0 saturated carbocycles. The van der Waals surface area contributed by atoms with Crippen LogP contribution in [-0.4, -0.2) is 21.5 Å². The Morgan fingerprint density at radius 3 is 2.50 bits per heavy atom. The largest absolute Gasteiger partial charge is 0.341 e. The molecule has 8 heteroatoms. The highest BCUT2D eigenvalue weighted by Gasteiger charge is 2.11. The Labute approximate surface area is 101 Å². The van der Waals surface area contributed by atoms with Gasteiger partial charge in [0.25, 0.3) is 0 Å². The van der Waals surface area contributed by atoms with E-state index in [1.165, 1.54) is 25.2 Å². The third-order valence-electron chi connectivity index (χ3n) is 1.74. The number of anilines is 1. The fourth-order valence-electron chi connectivity index (χ4n) is 0.959. The van der Waals surface area contributed by atoms with Gasteiger partial charge in [0.05, 0.1) is 10.6 Å². The highest BCUT2D eigenvalue weighted by atomic mass is 79.9. The topological polar surface area (TPSA) is 101 Å². The molecule has 88 valence electrons. The van der Waals surface area contributed by atoms with E-state index < -0.39 is 16.1 Å². The molecule has 0 aliphatic carbocycles. The number of carbonyl (C=O) groups excluding carboxylic acids is 1. The van der Waals surface area contributed by atoms with Crippen molar-refractivity contribution in [2.45, 2.75) is 4.90 Å². The summed E-state index contributed by atoms with van der Waals surface area (Å²) >= 11 is 3.13. The Kier molecular flexibility index (Phi) is 3.89. The lowest BCUT2D eigenvalue weighted by Gasteiger charge is -2.07. The van der Waals surface area contributed by atoms with E-state index >= 15 is 0 Å². The monoisotopic (exact) mass is 307 g/mol. The third kappa shape index (κ3) is 3.19. The summed E-state index contributed by atoms with van der Waals surface area (Å²) in [7, 11) is -2.26. The summed E-state index contributed by atoms with van der Waals surface area (Å²) in [6.07, 6.45) is 0. The van der Waals surface area contributed by atoms with E-state index in [0.717, 1.165) is 0 Å². The fourth-order valence-corrected chi connectivity index (χ4v) is 2.13. The van der Waals surface area contributed by atoms with Crippen molar-refractivity contribution < 1.29 is 13.2 Å². The Hall–Kier alpha value is -1.12. The van der Waals surface area contributed by atoms with Crippen LogP contribution in [0.25, 0.3) is 0 Å². The van der Waals surface area contributed by atoms with E-state index in [1.54, 1.807) is 0 Å². The molecule has 1 aromatic rings. The zero-order valence-corrected chi connectivity index (χ0v) is 10.7. The number of sulfonamides is 1. The van der Waals surface area contributed by atoms with Gasteiger partial charge in [-0.25, -0.2) is 18.4 Å². The molecule has 0 aliphatic rings. The summed E-state index contributed by atoms with van der Waals surface area (Å²) in [5.41, 5.74) is 0.451. The van der Waals surface area contributed by atoms with Crippen molar-refractivity contribution in [3.8, 4) is 0 Å². The van der Waals surface area contributed by atoms with Gasteiger partial charge in [-0.1, -0.05) is 0 Å². The van der Waals surface area contributed by atoms with Crippen LogP contribution in [0.5, 0.6) is 0 Å². The molecule has 0 unspecified atom stereocenters. The number of hydrogen-bond donors (Lipinski definition) is 3.